The van der Waals surface area contributed by atoms with E-state index in [1.54, 1.807) is 25.1 Å². The van der Waals surface area contributed by atoms with Crippen molar-refractivity contribution in [3.05, 3.63) is 51.0 Å². The number of nitro groups is 1. The van der Waals surface area contributed by atoms with Crippen LogP contribution in [0, 0.1) is 10.1 Å². The molecule has 1 N–H and O–H groups in total. The molecule has 2 aromatic carbocycles. The van der Waals surface area contributed by atoms with Crippen LogP contribution in [0.15, 0.2) is 35.3 Å². The summed E-state index contributed by atoms with van der Waals surface area (Å²) < 4.78 is 16.7. The number of phenols is 1. The third-order valence-electron chi connectivity index (χ3n) is 4.94. The molecule has 33 heavy (non-hydrogen) atoms. The van der Waals surface area contributed by atoms with Crippen LogP contribution in [0.3, 0.4) is 0 Å². The Balaban J connectivity index is 1.53. The minimum absolute atomic E-state index is 0.151. The molecule has 12 heteroatoms. The van der Waals surface area contributed by atoms with E-state index in [9.17, 15) is 20.0 Å². The second-order valence-corrected chi connectivity index (χ2v) is 9.07. The van der Waals surface area contributed by atoms with E-state index in [2.05, 4.69) is 9.98 Å². The smallest absolute Gasteiger partial charge is 0.332 e. The van der Waals surface area contributed by atoms with Crippen molar-refractivity contribution in [3.63, 3.8) is 0 Å². The number of aliphatic imine (C=N–C) groups is 1. The first-order chi connectivity index (χ1) is 15.8. The molecule has 2 heterocycles. The Hall–Kier alpha value is -3.38. The van der Waals surface area contributed by atoms with Gasteiger partial charge in [0.2, 0.25) is 0 Å². The zero-order valence-corrected chi connectivity index (χ0v) is 19.4. The Morgan fingerprint density at radius 3 is 2.67 bits per heavy atom. The summed E-state index contributed by atoms with van der Waals surface area (Å²) in [6.07, 6.45) is -0.910. The minimum atomic E-state index is -0.910. The summed E-state index contributed by atoms with van der Waals surface area (Å²) in [5.41, 5.74) is 0.680. The van der Waals surface area contributed by atoms with Crippen LogP contribution in [0.2, 0.25) is 0 Å². The first-order valence-corrected chi connectivity index (χ1v) is 11.5. The molecule has 0 bridgehead atoms. The molecule has 1 aromatic heterocycles. The van der Waals surface area contributed by atoms with Gasteiger partial charge < -0.3 is 19.3 Å². The van der Waals surface area contributed by atoms with E-state index < -0.39 is 23.0 Å². The van der Waals surface area contributed by atoms with Crippen molar-refractivity contribution in [2.75, 3.05) is 20.0 Å². The van der Waals surface area contributed by atoms with Gasteiger partial charge in [-0.15, -0.1) is 23.1 Å². The molecule has 10 nitrogen and oxygen atoms in total. The first-order valence-electron chi connectivity index (χ1n) is 9.72. The molecule has 2 atom stereocenters. The SMILES string of the molecule is COc1cc([C@H](C)OC(=O)[C@H]2CSC(c3nc4ccc(O)cc4s3)=N2)c([N+](=O)[O-])cc1OC. The van der Waals surface area contributed by atoms with Gasteiger partial charge in [-0.05, 0) is 31.2 Å². The van der Waals surface area contributed by atoms with E-state index in [-0.39, 0.29) is 22.7 Å². The lowest BCUT2D eigenvalue weighted by Gasteiger charge is -2.17. The molecule has 172 valence electrons. The second kappa shape index (κ2) is 9.24. The Bertz CT molecular complexity index is 1270. The molecule has 0 fully saturated rings. The van der Waals surface area contributed by atoms with Crippen molar-refractivity contribution in [1.29, 1.82) is 0 Å². The normalized spacial score (nSPS) is 16.3. The van der Waals surface area contributed by atoms with E-state index in [1.165, 1.54) is 49.5 Å². The maximum atomic E-state index is 12.8. The van der Waals surface area contributed by atoms with E-state index in [1.807, 2.05) is 0 Å². The molecule has 0 unspecified atom stereocenters. The van der Waals surface area contributed by atoms with Gasteiger partial charge >= 0.3 is 5.97 Å². The summed E-state index contributed by atoms with van der Waals surface area (Å²) in [7, 11) is 2.80. The molecule has 0 amide bonds. The number of thiazole rings is 1. The third kappa shape index (κ3) is 4.57. The molecule has 0 saturated heterocycles. The molecule has 4 rings (SSSR count). The fraction of sp³-hybridized carbons (Fsp3) is 0.286. The molecule has 1 aliphatic rings. The van der Waals surface area contributed by atoms with E-state index >= 15 is 0 Å². The quantitative estimate of drug-likeness (QED) is 0.296. The monoisotopic (exact) mass is 489 g/mol. The number of methoxy groups -OCH3 is 2. The Kier molecular flexibility index (Phi) is 6.38. The van der Waals surface area contributed by atoms with Crippen molar-refractivity contribution in [1.82, 2.24) is 4.98 Å². The highest BCUT2D eigenvalue weighted by atomic mass is 32.2. The number of fused-ring (bicyclic) bond motifs is 1. The molecule has 0 aliphatic carbocycles. The summed E-state index contributed by atoms with van der Waals surface area (Å²) >= 11 is 2.75. The van der Waals surface area contributed by atoms with E-state index in [4.69, 9.17) is 14.2 Å². The number of nitro benzene ring substituents is 1. The summed E-state index contributed by atoms with van der Waals surface area (Å²) in [5, 5.41) is 22.5. The lowest BCUT2D eigenvalue weighted by molar-refractivity contribution is -0.386. The number of nitrogens with zero attached hydrogens (tertiary/aromatic N) is 3. The van der Waals surface area contributed by atoms with Crippen LogP contribution in [0.25, 0.3) is 10.2 Å². The zero-order valence-electron chi connectivity index (χ0n) is 17.8. The number of esters is 1. The molecule has 0 spiro atoms. The molecule has 1 aliphatic heterocycles. The maximum absolute atomic E-state index is 12.8. The highest BCUT2D eigenvalue weighted by Gasteiger charge is 2.32. The van der Waals surface area contributed by atoms with E-state index in [0.717, 1.165) is 10.2 Å². The van der Waals surface area contributed by atoms with Crippen LogP contribution in [0.5, 0.6) is 17.2 Å². The number of phenolic OH excluding ortho intramolecular Hbond substituents is 1. The maximum Gasteiger partial charge on any atom is 0.332 e. The number of aromatic nitrogens is 1. The number of aromatic hydroxyl groups is 1. The standard InChI is InChI=1S/C21H19N3O7S2/c1-10(12-7-16(29-2)17(30-3)8-15(12)24(27)28)31-21(26)14-9-32-19(23-14)20-22-13-5-4-11(25)6-18(13)33-20/h4-8,10,14,25H,9H2,1-3H3/t10-,14+/m0/s1. The van der Waals surface area contributed by atoms with Gasteiger partial charge in [-0.3, -0.25) is 15.1 Å². The van der Waals surface area contributed by atoms with Gasteiger partial charge in [-0.2, -0.15) is 0 Å². The number of carbonyl (C=O) groups is 1. The van der Waals surface area contributed by atoms with Crippen LogP contribution in [0.1, 0.15) is 23.6 Å². The van der Waals surface area contributed by atoms with Crippen molar-refractivity contribution < 1.29 is 29.0 Å². The Morgan fingerprint density at radius 1 is 1.24 bits per heavy atom. The fourth-order valence-electron chi connectivity index (χ4n) is 3.30. The van der Waals surface area contributed by atoms with Gasteiger partial charge in [-0.25, -0.2) is 9.78 Å². The van der Waals surface area contributed by atoms with Gasteiger partial charge in [0.1, 0.15) is 21.9 Å². The molecule has 0 saturated carbocycles. The van der Waals surface area contributed by atoms with Crippen LogP contribution in [-0.2, 0) is 9.53 Å². The number of ether oxygens (including phenoxy) is 3. The largest absolute Gasteiger partial charge is 0.508 e. The van der Waals surface area contributed by atoms with Crippen LogP contribution < -0.4 is 9.47 Å². The average Bonchev–Trinajstić information content (AvgIpc) is 3.44. The Morgan fingerprint density at radius 2 is 1.97 bits per heavy atom. The molecule has 0 radical (unpaired) electrons. The highest BCUT2D eigenvalue weighted by molar-refractivity contribution is 8.15. The summed E-state index contributed by atoms with van der Waals surface area (Å²) in [6, 6.07) is 6.82. The lowest BCUT2D eigenvalue weighted by Crippen LogP contribution is -2.23. The van der Waals surface area contributed by atoms with Crippen molar-refractivity contribution in [2.45, 2.75) is 19.1 Å². The number of benzene rings is 2. The first kappa shape index (κ1) is 22.8. The van der Waals surface area contributed by atoms with Crippen LogP contribution in [0.4, 0.5) is 5.69 Å². The van der Waals surface area contributed by atoms with Gasteiger partial charge in [0.05, 0.1) is 41.0 Å². The zero-order chi connectivity index (χ0) is 23.7. The van der Waals surface area contributed by atoms with Crippen molar-refractivity contribution in [2.24, 2.45) is 4.99 Å². The van der Waals surface area contributed by atoms with Crippen LogP contribution >= 0.6 is 23.1 Å². The van der Waals surface area contributed by atoms with Gasteiger partial charge in [0.15, 0.2) is 17.5 Å². The van der Waals surface area contributed by atoms with Gasteiger partial charge in [0.25, 0.3) is 5.69 Å². The third-order valence-corrected chi connectivity index (χ3v) is 7.15. The predicted octanol–water partition coefficient (Wildman–Crippen LogP) is 4.09. The van der Waals surface area contributed by atoms with Crippen molar-refractivity contribution in [3.8, 4) is 17.2 Å². The summed E-state index contributed by atoms with van der Waals surface area (Å²) in [6.45, 7) is 1.55. The van der Waals surface area contributed by atoms with E-state index in [0.29, 0.717) is 21.6 Å². The molecular formula is C21H19N3O7S2. The predicted molar refractivity (Wildman–Crippen MR) is 125 cm³/mol. The molecular weight excluding hydrogens is 470 g/mol. The number of carbonyl (C=O) groups excluding carboxylic acids is 1. The fourth-order valence-corrected chi connectivity index (χ4v) is 5.39. The van der Waals surface area contributed by atoms with Gasteiger partial charge in [0, 0.05) is 5.75 Å². The second-order valence-electron chi connectivity index (χ2n) is 7.03. The topological polar surface area (TPSA) is 133 Å². The minimum Gasteiger partial charge on any atom is -0.508 e. The Labute approximate surface area is 196 Å². The number of thioether (sulfide) groups is 1. The number of hydrogen-bond donors (Lipinski definition) is 1. The van der Waals surface area contributed by atoms with Crippen LogP contribution in [-0.4, -0.2) is 52.0 Å². The number of hydrogen-bond acceptors (Lipinski definition) is 11. The average molecular weight is 490 g/mol. The number of rotatable bonds is 7. The van der Waals surface area contributed by atoms with Crippen molar-refractivity contribution >= 4 is 50.0 Å². The lowest BCUT2D eigenvalue weighted by atomic mass is 10.1. The summed E-state index contributed by atoms with van der Waals surface area (Å²) in [5.74, 6) is 0.429. The summed E-state index contributed by atoms with van der Waals surface area (Å²) in [4.78, 5) is 32.7. The van der Waals surface area contributed by atoms with Gasteiger partial charge in [-0.1, -0.05) is 0 Å². The molecule has 3 aromatic rings. The highest BCUT2D eigenvalue weighted by Crippen LogP contribution is 2.39.